The number of carbonyl (C=O) groups is 1. The normalized spacial score (nSPS) is 10.3. The molecule has 4 nitrogen and oxygen atoms in total. The highest BCUT2D eigenvalue weighted by molar-refractivity contribution is 9.10. The summed E-state index contributed by atoms with van der Waals surface area (Å²) in [5, 5.41) is 3.48. The molecule has 0 radical (unpaired) electrons. The minimum Gasteiger partial charge on any atom is -0.399 e. The van der Waals surface area contributed by atoms with Crippen molar-refractivity contribution >= 4 is 50.5 Å². The molecule has 0 atom stereocenters. The third-order valence-electron chi connectivity index (χ3n) is 2.83. The summed E-state index contributed by atoms with van der Waals surface area (Å²) in [6.45, 7) is 1.95. The number of anilines is 3. The number of benzene rings is 2. The lowest BCUT2D eigenvalue weighted by molar-refractivity contribution is 0.100. The molecule has 0 unspecified atom stereocenters. The number of primary amides is 1. The van der Waals surface area contributed by atoms with Crippen molar-refractivity contribution in [3.8, 4) is 0 Å². The van der Waals surface area contributed by atoms with E-state index in [1.54, 1.807) is 6.07 Å². The molecule has 0 fully saturated rings. The van der Waals surface area contributed by atoms with Gasteiger partial charge in [-0.2, -0.15) is 0 Å². The van der Waals surface area contributed by atoms with Gasteiger partial charge >= 0.3 is 0 Å². The van der Waals surface area contributed by atoms with Gasteiger partial charge in [0.2, 0.25) is 0 Å². The van der Waals surface area contributed by atoms with E-state index in [0.717, 1.165) is 15.7 Å². The lowest BCUT2D eigenvalue weighted by atomic mass is 10.1. The smallest absolute Gasteiger partial charge is 0.250 e. The zero-order valence-corrected chi connectivity index (χ0v) is 13.0. The lowest BCUT2D eigenvalue weighted by Gasteiger charge is -2.15. The molecular weight excluding hydrogens is 342 g/mol. The second-order valence-corrected chi connectivity index (χ2v) is 5.70. The average molecular weight is 355 g/mol. The van der Waals surface area contributed by atoms with Crippen molar-refractivity contribution in [2.75, 3.05) is 11.1 Å². The highest BCUT2D eigenvalue weighted by Gasteiger charge is 2.14. The average Bonchev–Trinajstić information content (AvgIpc) is 2.34. The molecule has 104 valence electrons. The molecule has 0 spiro atoms. The Hall–Kier alpha value is -1.72. The number of nitrogen functional groups attached to an aromatic ring is 1. The standard InChI is InChI=1S/C14H13BrClN3O/c1-7-4-8(15)2-3-12(7)19-13-10(14(18)20)5-9(17)6-11(13)16/h2-6,19H,17H2,1H3,(H2,18,20). The Bertz CT molecular complexity index is 688. The summed E-state index contributed by atoms with van der Waals surface area (Å²) in [4.78, 5) is 11.5. The molecule has 1 amide bonds. The van der Waals surface area contributed by atoms with E-state index < -0.39 is 5.91 Å². The molecular formula is C14H13BrClN3O. The predicted octanol–water partition coefficient (Wildman–Crippen LogP) is 3.84. The Balaban J connectivity index is 2.50. The first kappa shape index (κ1) is 14.7. The predicted molar refractivity (Wildman–Crippen MR) is 86.5 cm³/mol. The van der Waals surface area contributed by atoms with E-state index in [2.05, 4.69) is 21.2 Å². The molecule has 0 aliphatic heterocycles. The van der Waals surface area contributed by atoms with E-state index in [4.69, 9.17) is 23.1 Å². The van der Waals surface area contributed by atoms with Crippen LogP contribution in [0.25, 0.3) is 0 Å². The first-order valence-electron chi connectivity index (χ1n) is 5.80. The van der Waals surface area contributed by atoms with Gasteiger partial charge in [0.05, 0.1) is 16.3 Å². The summed E-state index contributed by atoms with van der Waals surface area (Å²) in [5.74, 6) is -0.587. The molecule has 0 heterocycles. The summed E-state index contributed by atoms with van der Waals surface area (Å²) < 4.78 is 0.971. The Labute approximate surface area is 130 Å². The van der Waals surface area contributed by atoms with Crippen molar-refractivity contribution < 1.29 is 4.79 Å². The maximum Gasteiger partial charge on any atom is 0.250 e. The largest absolute Gasteiger partial charge is 0.399 e. The molecule has 0 saturated carbocycles. The quantitative estimate of drug-likeness (QED) is 0.733. The summed E-state index contributed by atoms with van der Waals surface area (Å²) in [6.07, 6.45) is 0. The van der Waals surface area contributed by atoms with Gasteiger partial charge < -0.3 is 16.8 Å². The third-order valence-corrected chi connectivity index (χ3v) is 3.62. The van der Waals surface area contributed by atoms with E-state index in [-0.39, 0.29) is 5.56 Å². The highest BCUT2D eigenvalue weighted by Crippen LogP contribution is 2.33. The van der Waals surface area contributed by atoms with Gasteiger partial charge in [0, 0.05) is 15.8 Å². The van der Waals surface area contributed by atoms with Crippen LogP contribution in [0, 0.1) is 6.92 Å². The third kappa shape index (κ3) is 3.05. The minimum atomic E-state index is -0.587. The molecule has 0 aliphatic carbocycles. The van der Waals surface area contributed by atoms with Crippen LogP contribution in [0.15, 0.2) is 34.8 Å². The van der Waals surface area contributed by atoms with E-state index >= 15 is 0 Å². The van der Waals surface area contributed by atoms with Gasteiger partial charge in [-0.3, -0.25) is 4.79 Å². The number of halogens is 2. The molecule has 0 bridgehead atoms. The SMILES string of the molecule is Cc1cc(Br)ccc1Nc1c(Cl)cc(N)cc1C(N)=O. The Kier molecular flexibility index (Phi) is 4.20. The monoisotopic (exact) mass is 353 g/mol. The first-order valence-corrected chi connectivity index (χ1v) is 6.97. The number of hydrogen-bond acceptors (Lipinski definition) is 3. The van der Waals surface area contributed by atoms with Crippen molar-refractivity contribution in [3.05, 3.63) is 51.0 Å². The van der Waals surface area contributed by atoms with Crippen LogP contribution in [0.2, 0.25) is 5.02 Å². The van der Waals surface area contributed by atoms with E-state index in [1.807, 2.05) is 25.1 Å². The van der Waals surface area contributed by atoms with Crippen molar-refractivity contribution in [2.45, 2.75) is 6.92 Å². The van der Waals surface area contributed by atoms with Gasteiger partial charge in [0.25, 0.3) is 5.91 Å². The van der Waals surface area contributed by atoms with Crippen LogP contribution in [0.1, 0.15) is 15.9 Å². The van der Waals surface area contributed by atoms with Gasteiger partial charge in [0.1, 0.15) is 0 Å². The fourth-order valence-corrected chi connectivity index (χ4v) is 2.60. The summed E-state index contributed by atoms with van der Waals surface area (Å²) in [7, 11) is 0. The number of carbonyl (C=O) groups excluding carboxylic acids is 1. The van der Waals surface area contributed by atoms with Crippen LogP contribution in [-0.4, -0.2) is 5.91 Å². The van der Waals surface area contributed by atoms with Crippen LogP contribution >= 0.6 is 27.5 Å². The van der Waals surface area contributed by atoms with E-state index in [9.17, 15) is 4.79 Å². The van der Waals surface area contributed by atoms with Crippen LogP contribution in [0.4, 0.5) is 17.1 Å². The second-order valence-electron chi connectivity index (χ2n) is 4.37. The van der Waals surface area contributed by atoms with E-state index in [1.165, 1.54) is 6.07 Å². The van der Waals surface area contributed by atoms with Crippen molar-refractivity contribution in [3.63, 3.8) is 0 Å². The number of nitrogens with two attached hydrogens (primary N) is 2. The molecule has 20 heavy (non-hydrogen) atoms. The van der Waals surface area contributed by atoms with Gasteiger partial charge in [-0.1, -0.05) is 27.5 Å². The Morgan fingerprint density at radius 3 is 2.60 bits per heavy atom. The maximum atomic E-state index is 11.5. The maximum absolute atomic E-state index is 11.5. The molecule has 2 rings (SSSR count). The highest BCUT2D eigenvalue weighted by atomic mass is 79.9. The topological polar surface area (TPSA) is 81.1 Å². The van der Waals surface area contributed by atoms with Crippen LogP contribution in [0.3, 0.4) is 0 Å². The van der Waals surface area contributed by atoms with Crippen molar-refractivity contribution in [1.29, 1.82) is 0 Å². The fraction of sp³-hybridized carbons (Fsp3) is 0.0714. The summed E-state index contributed by atoms with van der Waals surface area (Å²) in [6, 6.07) is 8.81. The molecule has 2 aromatic carbocycles. The molecule has 2 aromatic rings. The minimum absolute atomic E-state index is 0.261. The zero-order chi connectivity index (χ0) is 14.9. The van der Waals surface area contributed by atoms with Gasteiger partial charge in [-0.25, -0.2) is 0 Å². The molecule has 0 saturated heterocycles. The first-order chi connectivity index (χ1) is 9.38. The number of amides is 1. The lowest BCUT2D eigenvalue weighted by Crippen LogP contribution is -2.14. The van der Waals surface area contributed by atoms with Gasteiger partial charge in [-0.15, -0.1) is 0 Å². The summed E-state index contributed by atoms with van der Waals surface area (Å²) in [5.41, 5.74) is 14.0. The fourth-order valence-electron chi connectivity index (χ4n) is 1.85. The second kappa shape index (κ2) is 5.73. The number of nitrogens with one attached hydrogen (secondary N) is 1. The van der Waals surface area contributed by atoms with Gasteiger partial charge in [0.15, 0.2) is 0 Å². The van der Waals surface area contributed by atoms with E-state index in [0.29, 0.717) is 16.4 Å². The Morgan fingerprint density at radius 1 is 1.30 bits per heavy atom. The van der Waals surface area contributed by atoms with Crippen LogP contribution < -0.4 is 16.8 Å². The molecule has 0 aromatic heterocycles. The van der Waals surface area contributed by atoms with Gasteiger partial charge in [-0.05, 0) is 42.8 Å². The molecule has 5 N–H and O–H groups in total. The van der Waals surface area contributed by atoms with Crippen molar-refractivity contribution in [2.24, 2.45) is 5.73 Å². The number of aryl methyl sites for hydroxylation is 1. The Morgan fingerprint density at radius 2 is 2.00 bits per heavy atom. The molecule has 6 heteroatoms. The van der Waals surface area contributed by atoms with Crippen LogP contribution in [-0.2, 0) is 0 Å². The molecule has 0 aliphatic rings. The number of rotatable bonds is 3. The zero-order valence-electron chi connectivity index (χ0n) is 10.7. The number of hydrogen-bond donors (Lipinski definition) is 3. The van der Waals surface area contributed by atoms with Crippen LogP contribution in [0.5, 0.6) is 0 Å². The summed E-state index contributed by atoms with van der Waals surface area (Å²) >= 11 is 9.55. The van der Waals surface area contributed by atoms with Crippen molar-refractivity contribution in [1.82, 2.24) is 0 Å².